The fourth-order valence-electron chi connectivity index (χ4n) is 2.79. The summed E-state index contributed by atoms with van der Waals surface area (Å²) >= 11 is 0. The van der Waals surface area contributed by atoms with Crippen molar-refractivity contribution in [3.05, 3.63) is 29.3 Å². The normalized spacial score (nSPS) is 21.3. The van der Waals surface area contributed by atoms with Gasteiger partial charge in [-0.1, -0.05) is 12.1 Å². The molecule has 1 unspecified atom stereocenters. The summed E-state index contributed by atoms with van der Waals surface area (Å²) in [5.41, 5.74) is 2.50. The number of ether oxygens (including phenoxy) is 2. The van der Waals surface area contributed by atoms with Crippen molar-refractivity contribution in [2.24, 2.45) is 0 Å². The molecule has 108 valence electrons. The van der Waals surface area contributed by atoms with Gasteiger partial charge in [-0.05, 0) is 23.6 Å². The minimum absolute atomic E-state index is 0.0599. The molecule has 0 radical (unpaired) electrons. The molecule has 1 atom stereocenters. The highest BCUT2D eigenvalue weighted by atomic mass is 16.5. The SMILES string of the molecule is O=C(CCc1ccc2c(c1)CCO2)CC1CNCCO1. The van der Waals surface area contributed by atoms with E-state index in [0.29, 0.717) is 19.4 Å². The summed E-state index contributed by atoms with van der Waals surface area (Å²) in [7, 11) is 0. The first-order valence-corrected chi connectivity index (χ1v) is 7.40. The first-order chi connectivity index (χ1) is 9.81. The van der Waals surface area contributed by atoms with Crippen LogP contribution in [0.25, 0.3) is 0 Å². The first-order valence-electron chi connectivity index (χ1n) is 7.40. The highest BCUT2D eigenvalue weighted by molar-refractivity contribution is 5.79. The number of Topliss-reactive ketones (excluding diaryl/α,β-unsaturated/α-hetero) is 1. The molecular formula is C16H21NO3. The maximum absolute atomic E-state index is 12.0. The second kappa shape index (κ2) is 6.37. The number of carbonyl (C=O) groups is 1. The first kappa shape index (κ1) is 13.6. The lowest BCUT2D eigenvalue weighted by Crippen LogP contribution is -2.39. The summed E-state index contributed by atoms with van der Waals surface area (Å²) < 4.78 is 11.1. The van der Waals surface area contributed by atoms with E-state index in [9.17, 15) is 4.79 Å². The van der Waals surface area contributed by atoms with Crippen LogP contribution < -0.4 is 10.1 Å². The standard InChI is InChI=1S/C16H21NO3/c18-14(10-15-11-17-6-8-19-15)3-1-12-2-4-16-13(9-12)5-7-20-16/h2,4,9,15,17H,1,3,5-8,10-11H2. The second-order valence-corrected chi connectivity index (χ2v) is 5.48. The molecule has 0 amide bonds. The maximum atomic E-state index is 12.0. The highest BCUT2D eigenvalue weighted by Crippen LogP contribution is 2.26. The molecule has 2 heterocycles. The van der Waals surface area contributed by atoms with Gasteiger partial charge in [0.15, 0.2) is 0 Å². The molecular weight excluding hydrogens is 254 g/mol. The van der Waals surface area contributed by atoms with Crippen molar-refractivity contribution in [1.29, 1.82) is 0 Å². The van der Waals surface area contributed by atoms with Gasteiger partial charge in [0.2, 0.25) is 0 Å². The largest absolute Gasteiger partial charge is 0.493 e. The van der Waals surface area contributed by atoms with E-state index >= 15 is 0 Å². The van der Waals surface area contributed by atoms with E-state index in [1.165, 1.54) is 11.1 Å². The Morgan fingerprint density at radius 3 is 3.15 bits per heavy atom. The maximum Gasteiger partial charge on any atom is 0.135 e. The Bertz CT molecular complexity index is 481. The summed E-state index contributed by atoms with van der Waals surface area (Å²) in [6, 6.07) is 6.26. The molecule has 1 aromatic rings. The fourth-order valence-corrected chi connectivity index (χ4v) is 2.79. The van der Waals surface area contributed by atoms with Crippen molar-refractivity contribution in [2.45, 2.75) is 31.8 Å². The van der Waals surface area contributed by atoms with Crippen molar-refractivity contribution in [1.82, 2.24) is 5.32 Å². The third-order valence-corrected chi connectivity index (χ3v) is 3.91. The lowest BCUT2D eigenvalue weighted by molar-refractivity contribution is -0.122. The van der Waals surface area contributed by atoms with E-state index in [1.807, 2.05) is 6.07 Å². The van der Waals surface area contributed by atoms with Crippen LogP contribution in [0, 0.1) is 0 Å². The van der Waals surface area contributed by atoms with Crippen molar-refractivity contribution in [3.63, 3.8) is 0 Å². The number of hydrogen-bond acceptors (Lipinski definition) is 4. The van der Waals surface area contributed by atoms with Crippen molar-refractivity contribution < 1.29 is 14.3 Å². The van der Waals surface area contributed by atoms with Crippen LogP contribution in [0.5, 0.6) is 5.75 Å². The average Bonchev–Trinajstić information content (AvgIpc) is 2.93. The lowest BCUT2D eigenvalue weighted by Gasteiger charge is -2.22. The monoisotopic (exact) mass is 275 g/mol. The highest BCUT2D eigenvalue weighted by Gasteiger charge is 2.17. The van der Waals surface area contributed by atoms with Gasteiger partial charge in [0, 0.05) is 32.4 Å². The second-order valence-electron chi connectivity index (χ2n) is 5.48. The van der Waals surface area contributed by atoms with Gasteiger partial charge in [-0.3, -0.25) is 4.79 Å². The van der Waals surface area contributed by atoms with Gasteiger partial charge >= 0.3 is 0 Å². The van der Waals surface area contributed by atoms with Crippen LogP contribution in [0.2, 0.25) is 0 Å². The van der Waals surface area contributed by atoms with E-state index in [-0.39, 0.29) is 11.9 Å². The van der Waals surface area contributed by atoms with Crippen LogP contribution in [-0.2, 0) is 22.4 Å². The van der Waals surface area contributed by atoms with Gasteiger partial charge in [0.25, 0.3) is 0 Å². The Labute approximate surface area is 119 Å². The molecule has 1 N–H and O–H groups in total. The van der Waals surface area contributed by atoms with Crippen LogP contribution in [0.15, 0.2) is 18.2 Å². The van der Waals surface area contributed by atoms with Crippen LogP contribution in [-0.4, -0.2) is 38.2 Å². The number of carbonyl (C=O) groups excluding carboxylic acids is 1. The van der Waals surface area contributed by atoms with E-state index in [1.54, 1.807) is 0 Å². The average molecular weight is 275 g/mol. The van der Waals surface area contributed by atoms with Gasteiger partial charge in [-0.15, -0.1) is 0 Å². The molecule has 3 rings (SSSR count). The van der Waals surface area contributed by atoms with E-state index in [4.69, 9.17) is 9.47 Å². The summed E-state index contributed by atoms with van der Waals surface area (Å²) in [4.78, 5) is 12.0. The predicted molar refractivity (Wildman–Crippen MR) is 76.2 cm³/mol. The van der Waals surface area contributed by atoms with Crippen molar-refractivity contribution in [3.8, 4) is 5.75 Å². The molecule has 4 heteroatoms. The number of nitrogens with one attached hydrogen (secondary N) is 1. The zero-order valence-corrected chi connectivity index (χ0v) is 11.7. The summed E-state index contributed by atoms with van der Waals surface area (Å²) in [5.74, 6) is 1.29. The third-order valence-electron chi connectivity index (χ3n) is 3.91. The smallest absolute Gasteiger partial charge is 0.135 e. The Morgan fingerprint density at radius 1 is 1.35 bits per heavy atom. The summed E-state index contributed by atoms with van der Waals surface area (Å²) in [6.07, 6.45) is 2.98. The number of benzene rings is 1. The predicted octanol–water partition coefficient (Wildman–Crippen LogP) is 1.50. The number of hydrogen-bond donors (Lipinski definition) is 1. The topological polar surface area (TPSA) is 47.6 Å². The van der Waals surface area contributed by atoms with Gasteiger partial charge in [0.1, 0.15) is 11.5 Å². The lowest BCUT2D eigenvalue weighted by atomic mass is 10.0. The van der Waals surface area contributed by atoms with Crippen LogP contribution in [0.1, 0.15) is 24.0 Å². The van der Waals surface area contributed by atoms with Crippen LogP contribution >= 0.6 is 0 Å². The Morgan fingerprint density at radius 2 is 2.30 bits per heavy atom. The molecule has 0 aromatic heterocycles. The van der Waals surface area contributed by atoms with Crippen molar-refractivity contribution in [2.75, 3.05) is 26.3 Å². The molecule has 0 bridgehead atoms. The number of aryl methyl sites for hydroxylation is 1. The Balaban J connectivity index is 1.47. The number of fused-ring (bicyclic) bond motifs is 1. The van der Waals surface area contributed by atoms with E-state index < -0.39 is 0 Å². The van der Waals surface area contributed by atoms with Gasteiger partial charge in [-0.25, -0.2) is 0 Å². The van der Waals surface area contributed by atoms with Gasteiger partial charge in [-0.2, -0.15) is 0 Å². The third kappa shape index (κ3) is 3.38. The summed E-state index contributed by atoms with van der Waals surface area (Å²) in [6.45, 7) is 3.18. The van der Waals surface area contributed by atoms with Crippen LogP contribution in [0.4, 0.5) is 0 Å². The van der Waals surface area contributed by atoms with Gasteiger partial charge < -0.3 is 14.8 Å². The zero-order chi connectivity index (χ0) is 13.8. The molecule has 1 fully saturated rings. The van der Waals surface area contributed by atoms with E-state index in [0.717, 1.165) is 38.3 Å². The molecule has 4 nitrogen and oxygen atoms in total. The number of ketones is 1. The molecule has 0 spiro atoms. The number of rotatable bonds is 5. The molecule has 20 heavy (non-hydrogen) atoms. The quantitative estimate of drug-likeness (QED) is 0.884. The summed E-state index contributed by atoms with van der Waals surface area (Å²) in [5, 5.41) is 3.25. The molecule has 2 aliphatic rings. The minimum atomic E-state index is 0.0599. The van der Waals surface area contributed by atoms with Crippen molar-refractivity contribution >= 4 is 5.78 Å². The molecule has 0 aliphatic carbocycles. The zero-order valence-electron chi connectivity index (χ0n) is 11.7. The van der Waals surface area contributed by atoms with Gasteiger partial charge in [0.05, 0.1) is 19.3 Å². The Hall–Kier alpha value is -1.39. The molecule has 1 saturated heterocycles. The molecule has 1 aromatic carbocycles. The minimum Gasteiger partial charge on any atom is -0.493 e. The van der Waals surface area contributed by atoms with Crippen LogP contribution in [0.3, 0.4) is 0 Å². The Kier molecular flexibility index (Phi) is 4.33. The molecule has 0 saturated carbocycles. The number of morpholine rings is 1. The fraction of sp³-hybridized carbons (Fsp3) is 0.562. The van der Waals surface area contributed by atoms with E-state index in [2.05, 4.69) is 17.4 Å². The molecule has 2 aliphatic heterocycles.